The minimum atomic E-state index is -0.942. The van der Waals surface area contributed by atoms with Crippen molar-refractivity contribution in [3.05, 3.63) is 29.8 Å². The summed E-state index contributed by atoms with van der Waals surface area (Å²) in [5.41, 5.74) is 0.929. The van der Waals surface area contributed by atoms with Gasteiger partial charge in [0.15, 0.2) is 0 Å². The molecule has 106 valence electrons. The van der Waals surface area contributed by atoms with Gasteiger partial charge >= 0.3 is 11.9 Å². The van der Waals surface area contributed by atoms with Crippen molar-refractivity contribution in [3.63, 3.8) is 0 Å². The van der Waals surface area contributed by atoms with Gasteiger partial charge in [0, 0.05) is 5.69 Å². The molecule has 1 amide bonds. The van der Waals surface area contributed by atoms with Crippen LogP contribution in [0.25, 0.3) is 0 Å². The van der Waals surface area contributed by atoms with Gasteiger partial charge in [-0.15, -0.1) is 0 Å². The number of carbonyl (C=O) groups is 3. The molecule has 1 aromatic rings. The number of rotatable bonds is 5. The Morgan fingerprint density at radius 3 is 2.40 bits per heavy atom. The van der Waals surface area contributed by atoms with Crippen molar-refractivity contribution in [1.29, 1.82) is 0 Å². The van der Waals surface area contributed by atoms with E-state index >= 15 is 0 Å². The largest absolute Gasteiger partial charge is 0.481 e. The molecule has 0 saturated heterocycles. The van der Waals surface area contributed by atoms with E-state index in [0.717, 1.165) is 0 Å². The van der Waals surface area contributed by atoms with Gasteiger partial charge in [0.25, 0.3) is 0 Å². The van der Waals surface area contributed by atoms with Gasteiger partial charge in [-0.2, -0.15) is 0 Å². The fourth-order valence-corrected chi connectivity index (χ4v) is 1.90. The number of esters is 1. The molecule has 0 aromatic heterocycles. The van der Waals surface area contributed by atoms with Crippen LogP contribution in [0.15, 0.2) is 24.3 Å². The molecule has 0 aliphatic heterocycles. The van der Waals surface area contributed by atoms with Crippen LogP contribution in [0.3, 0.4) is 0 Å². The van der Waals surface area contributed by atoms with Crippen molar-refractivity contribution in [2.75, 3.05) is 11.9 Å². The molecule has 2 rings (SSSR count). The third-order valence-corrected chi connectivity index (χ3v) is 3.11. The van der Waals surface area contributed by atoms with Gasteiger partial charge in [-0.25, -0.2) is 4.79 Å². The number of aliphatic carboxylic acids is 1. The number of nitrogens with one attached hydrogen (secondary N) is 1. The first-order valence-corrected chi connectivity index (χ1v) is 6.33. The summed E-state index contributed by atoms with van der Waals surface area (Å²) < 4.78 is 4.85. The van der Waals surface area contributed by atoms with E-state index in [0.29, 0.717) is 24.3 Å². The van der Waals surface area contributed by atoms with E-state index in [1.807, 2.05) is 0 Å². The Balaban J connectivity index is 1.93. The number of benzene rings is 1. The van der Waals surface area contributed by atoms with E-state index < -0.39 is 23.8 Å². The minimum absolute atomic E-state index is 0.301. The van der Waals surface area contributed by atoms with Crippen LogP contribution in [-0.4, -0.2) is 29.6 Å². The zero-order valence-corrected chi connectivity index (χ0v) is 11.0. The highest BCUT2D eigenvalue weighted by Gasteiger charge is 2.48. The fraction of sp³-hybridized carbons (Fsp3) is 0.357. The van der Waals surface area contributed by atoms with E-state index in [-0.39, 0.29) is 5.91 Å². The standard InChI is InChI=1S/C14H15NO5/c1-2-20-14(19)8-3-5-9(6-4-8)15-12(16)10-7-11(10)13(17)18/h3-6,10-11H,2,7H2,1H3,(H,15,16)(H,17,18). The van der Waals surface area contributed by atoms with Gasteiger partial charge < -0.3 is 15.2 Å². The lowest BCUT2D eigenvalue weighted by Crippen LogP contribution is -2.16. The second-order valence-corrected chi connectivity index (χ2v) is 4.57. The van der Waals surface area contributed by atoms with Gasteiger partial charge in [0.2, 0.25) is 5.91 Å². The fourth-order valence-electron chi connectivity index (χ4n) is 1.90. The van der Waals surface area contributed by atoms with Crippen molar-refractivity contribution in [1.82, 2.24) is 0 Å². The first-order chi connectivity index (χ1) is 9.52. The van der Waals surface area contributed by atoms with Gasteiger partial charge in [0.1, 0.15) is 0 Å². The van der Waals surface area contributed by atoms with Crippen LogP contribution in [0.1, 0.15) is 23.7 Å². The van der Waals surface area contributed by atoms with Crippen LogP contribution in [0.2, 0.25) is 0 Å². The number of ether oxygens (including phenoxy) is 1. The smallest absolute Gasteiger partial charge is 0.338 e. The molecule has 1 aliphatic carbocycles. The SMILES string of the molecule is CCOC(=O)c1ccc(NC(=O)C2CC2C(=O)O)cc1. The maximum Gasteiger partial charge on any atom is 0.338 e. The lowest BCUT2D eigenvalue weighted by Gasteiger charge is -2.06. The van der Waals surface area contributed by atoms with E-state index in [4.69, 9.17) is 9.84 Å². The van der Waals surface area contributed by atoms with Gasteiger partial charge in [0.05, 0.1) is 24.0 Å². The highest BCUT2D eigenvalue weighted by Crippen LogP contribution is 2.39. The second-order valence-electron chi connectivity index (χ2n) is 4.57. The van der Waals surface area contributed by atoms with Crippen molar-refractivity contribution in [2.24, 2.45) is 11.8 Å². The molecule has 2 unspecified atom stereocenters. The quantitative estimate of drug-likeness (QED) is 0.796. The molecule has 1 aliphatic rings. The maximum atomic E-state index is 11.7. The summed E-state index contributed by atoms with van der Waals surface area (Å²) in [4.78, 5) is 33.9. The molecule has 1 fully saturated rings. The molecule has 6 nitrogen and oxygen atoms in total. The van der Waals surface area contributed by atoms with Gasteiger partial charge in [-0.1, -0.05) is 0 Å². The molecule has 20 heavy (non-hydrogen) atoms. The lowest BCUT2D eigenvalue weighted by atomic mass is 10.2. The molecule has 2 N–H and O–H groups in total. The number of anilines is 1. The molecular weight excluding hydrogens is 262 g/mol. The van der Waals surface area contributed by atoms with E-state index in [1.54, 1.807) is 31.2 Å². The Bertz CT molecular complexity index is 537. The molecule has 6 heteroatoms. The summed E-state index contributed by atoms with van der Waals surface area (Å²) in [5, 5.41) is 11.4. The van der Waals surface area contributed by atoms with Crippen molar-refractivity contribution >= 4 is 23.5 Å². The van der Waals surface area contributed by atoms with Crippen molar-refractivity contribution in [3.8, 4) is 0 Å². The number of carboxylic acid groups (broad SMARTS) is 1. The van der Waals surface area contributed by atoms with Crippen LogP contribution in [-0.2, 0) is 14.3 Å². The molecule has 0 radical (unpaired) electrons. The Morgan fingerprint density at radius 1 is 1.25 bits per heavy atom. The van der Waals surface area contributed by atoms with E-state index in [9.17, 15) is 14.4 Å². The average Bonchev–Trinajstić information content (AvgIpc) is 3.20. The molecule has 0 spiro atoms. The van der Waals surface area contributed by atoms with Crippen molar-refractivity contribution < 1.29 is 24.2 Å². The number of carbonyl (C=O) groups excluding carboxylic acids is 2. The molecule has 0 heterocycles. The van der Waals surface area contributed by atoms with E-state index in [1.165, 1.54) is 0 Å². The average molecular weight is 277 g/mol. The highest BCUT2D eigenvalue weighted by molar-refractivity contribution is 5.98. The molecule has 0 bridgehead atoms. The first-order valence-electron chi connectivity index (χ1n) is 6.33. The Morgan fingerprint density at radius 2 is 1.90 bits per heavy atom. The normalized spacial score (nSPS) is 20.1. The predicted molar refractivity (Wildman–Crippen MR) is 70.3 cm³/mol. The molecule has 2 atom stereocenters. The number of amides is 1. The van der Waals surface area contributed by atoms with Crippen LogP contribution in [0.5, 0.6) is 0 Å². The third kappa shape index (κ3) is 3.14. The van der Waals surface area contributed by atoms with Crippen LogP contribution in [0, 0.1) is 11.8 Å². The summed E-state index contributed by atoms with van der Waals surface area (Å²) in [5.74, 6) is -2.70. The van der Waals surface area contributed by atoms with Crippen LogP contribution < -0.4 is 5.32 Å². The Hall–Kier alpha value is -2.37. The van der Waals surface area contributed by atoms with Crippen LogP contribution >= 0.6 is 0 Å². The first kappa shape index (κ1) is 14.0. The summed E-state index contributed by atoms with van der Waals surface area (Å²) >= 11 is 0. The molecule has 1 saturated carbocycles. The van der Waals surface area contributed by atoms with Crippen molar-refractivity contribution in [2.45, 2.75) is 13.3 Å². The summed E-state index contributed by atoms with van der Waals surface area (Å²) in [6.07, 6.45) is 0.377. The molecule has 1 aromatic carbocycles. The van der Waals surface area contributed by atoms with E-state index in [2.05, 4.69) is 5.32 Å². The van der Waals surface area contributed by atoms with Crippen LogP contribution in [0.4, 0.5) is 5.69 Å². The predicted octanol–water partition coefficient (Wildman–Crippen LogP) is 1.52. The zero-order chi connectivity index (χ0) is 14.7. The second kappa shape index (κ2) is 5.73. The highest BCUT2D eigenvalue weighted by atomic mass is 16.5. The van der Waals surface area contributed by atoms with Gasteiger partial charge in [-0.3, -0.25) is 9.59 Å². The Kier molecular flexibility index (Phi) is 4.02. The minimum Gasteiger partial charge on any atom is -0.481 e. The molecular formula is C14H15NO5. The Labute approximate surface area is 115 Å². The third-order valence-electron chi connectivity index (χ3n) is 3.11. The van der Waals surface area contributed by atoms with Gasteiger partial charge in [-0.05, 0) is 37.6 Å². The lowest BCUT2D eigenvalue weighted by molar-refractivity contribution is -0.139. The summed E-state index contributed by atoms with van der Waals surface area (Å²) in [7, 11) is 0. The zero-order valence-electron chi connectivity index (χ0n) is 11.0. The maximum absolute atomic E-state index is 11.7. The number of hydrogen-bond donors (Lipinski definition) is 2. The monoisotopic (exact) mass is 277 g/mol. The summed E-state index contributed by atoms with van der Waals surface area (Å²) in [6.45, 7) is 2.02. The summed E-state index contributed by atoms with van der Waals surface area (Å²) in [6, 6.07) is 6.27. The number of carboxylic acids is 1. The topological polar surface area (TPSA) is 92.7 Å². The number of hydrogen-bond acceptors (Lipinski definition) is 4.